The number of tetrazole rings is 1. The molecule has 1 N–H and O–H groups in total. The second-order valence-corrected chi connectivity index (χ2v) is 12.0. The molecule has 2 aromatic carbocycles. The van der Waals surface area contributed by atoms with Gasteiger partial charge in [-0.3, -0.25) is 4.79 Å². The van der Waals surface area contributed by atoms with E-state index in [1.54, 1.807) is 18.2 Å². The number of rotatable bonds is 5. The lowest BCUT2D eigenvalue weighted by molar-refractivity contribution is -0.228. The average molecular weight is 574 g/mol. The number of aromatic amines is 1. The first-order valence-corrected chi connectivity index (χ1v) is 14.2. The van der Waals surface area contributed by atoms with Crippen LogP contribution in [-0.4, -0.2) is 50.2 Å². The number of nitrogens with zero attached hydrogens (tertiary/aromatic N) is 4. The van der Waals surface area contributed by atoms with Crippen molar-refractivity contribution < 1.29 is 26.7 Å². The van der Waals surface area contributed by atoms with E-state index in [1.807, 2.05) is 4.90 Å². The molecule has 0 bridgehead atoms. The van der Waals surface area contributed by atoms with Crippen LogP contribution in [0, 0.1) is 11.7 Å². The molecular weight excluding hydrogens is 541 g/mol. The number of amides is 1. The minimum absolute atomic E-state index is 0.107. The number of carbonyl (C=O) groups excluding carboxylic acids is 1. The Morgan fingerprint density at radius 2 is 1.78 bits per heavy atom. The molecule has 1 aromatic heterocycles. The predicted molar refractivity (Wildman–Crippen MR) is 140 cm³/mol. The first-order chi connectivity index (χ1) is 19.5. The van der Waals surface area contributed by atoms with Gasteiger partial charge in [-0.05, 0) is 92.7 Å². The van der Waals surface area contributed by atoms with E-state index in [4.69, 9.17) is 0 Å². The fourth-order valence-corrected chi connectivity index (χ4v) is 7.43. The summed E-state index contributed by atoms with van der Waals surface area (Å²) < 4.78 is 69.2. The van der Waals surface area contributed by atoms with E-state index in [-0.39, 0.29) is 29.6 Å². The molecule has 2 fully saturated rings. The minimum atomic E-state index is -5.04. The zero-order valence-corrected chi connectivity index (χ0v) is 22.7. The number of halogens is 5. The summed E-state index contributed by atoms with van der Waals surface area (Å²) in [4.78, 5) is 15.9. The molecule has 0 spiro atoms. The molecule has 11 heteroatoms. The van der Waals surface area contributed by atoms with Gasteiger partial charge in [-0.25, -0.2) is 8.78 Å². The number of fused-ring (bicyclic) bond motifs is 3. The van der Waals surface area contributed by atoms with Gasteiger partial charge in [0.05, 0.1) is 0 Å². The second kappa shape index (κ2) is 10.2. The first kappa shape index (κ1) is 27.8. The Hall–Kier alpha value is -3.37. The molecule has 1 saturated heterocycles. The van der Waals surface area contributed by atoms with Gasteiger partial charge in [-0.15, -0.1) is 10.2 Å². The van der Waals surface area contributed by atoms with Crippen molar-refractivity contribution in [2.24, 2.45) is 5.92 Å². The molecule has 2 heterocycles. The molecule has 6 nitrogen and oxygen atoms in total. The van der Waals surface area contributed by atoms with Gasteiger partial charge in [0, 0.05) is 29.8 Å². The lowest BCUT2D eigenvalue weighted by atomic mass is 9.63. The van der Waals surface area contributed by atoms with Gasteiger partial charge in [-0.1, -0.05) is 35.5 Å². The van der Waals surface area contributed by atoms with E-state index < -0.39 is 22.8 Å². The Morgan fingerprint density at radius 1 is 1.05 bits per heavy atom. The number of benzene rings is 2. The summed E-state index contributed by atoms with van der Waals surface area (Å²) >= 11 is 0. The van der Waals surface area contributed by atoms with Crippen molar-refractivity contribution >= 4 is 5.91 Å². The quantitative estimate of drug-likeness (QED) is 0.375. The van der Waals surface area contributed by atoms with Gasteiger partial charge < -0.3 is 4.90 Å². The summed E-state index contributed by atoms with van der Waals surface area (Å²) in [5, 5.41) is 14.3. The van der Waals surface area contributed by atoms with E-state index in [0.29, 0.717) is 50.5 Å². The van der Waals surface area contributed by atoms with Crippen molar-refractivity contribution in [3.63, 3.8) is 0 Å². The minimum Gasteiger partial charge on any atom is -0.339 e. The van der Waals surface area contributed by atoms with Crippen molar-refractivity contribution in [1.82, 2.24) is 25.5 Å². The summed E-state index contributed by atoms with van der Waals surface area (Å²) in [6.45, 7) is 1.08. The van der Waals surface area contributed by atoms with Crippen LogP contribution in [0.15, 0.2) is 42.5 Å². The maximum atomic E-state index is 14.9. The van der Waals surface area contributed by atoms with Crippen LogP contribution < -0.4 is 0 Å². The fourth-order valence-electron chi connectivity index (χ4n) is 7.43. The molecule has 0 radical (unpaired) electrons. The topological polar surface area (TPSA) is 74.8 Å². The van der Waals surface area contributed by atoms with Gasteiger partial charge in [0.1, 0.15) is 5.82 Å². The fraction of sp³-hybridized carbons (Fsp3) is 0.533. The number of hydrogen-bond acceptors (Lipinski definition) is 4. The lowest BCUT2D eigenvalue weighted by Gasteiger charge is -2.45. The smallest absolute Gasteiger partial charge is 0.339 e. The number of alkyl halides is 4. The van der Waals surface area contributed by atoms with Crippen LogP contribution >= 0.6 is 0 Å². The van der Waals surface area contributed by atoms with Gasteiger partial charge in [0.15, 0.2) is 5.82 Å². The van der Waals surface area contributed by atoms with Crippen molar-refractivity contribution in [3.8, 4) is 0 Å². The van der Waals surface area contributed by atoms with E-state index in [0.717, 1.165) is 36.8 Å². The number of aromatic nitrogens is 4. The number of H-pyrrole nitrogens is 1. The van der Waals surface area contributed by atoms with Crippen LogP contribution in [0.3, 0.4) is 0 Å². The highest BCUT2D eigenvalue weighted by molar-refractivity contribution is 5.80. The van der Waals surface area contributed by atoms with Crippen LogP contribution in [0.25, 0.3) is 0 Å². The molecule has 41 heavy (non-hydrogen) atoms. The SMILES string of the molecule is CC(F)(c1ccc2c(c1)CC[C@H]1N(C(=O)C3CCC(c4nn[nH]n4)CC3)CC[C@@]21Cc1ccc(F)cc1)C(F)(F)F. The lowest BCUT2D eigenvalue weighted by Crippen LogP contribution is -2.50. The Labute approximate surface area is 234 Å². The second-order valence-electron chi connectivity index (χ2n) is 12.0. The summed E-state index contributed by atoms with van der Waals surface area (Å²) in [7, 11) is 0. The maximum absolute atomic E-state index is 14.9. The van der Waals surface area contributed by atoms with Crippen LogP contribution in [-0.2, 0) is 28.7 Å². The van der Waals surface area contributed by atoms with Gasteiger partial charge in [-0.2, -0.15) is 18.4 Å². The number of aryl methyl sites for hydroxylation is 1. The maximum Gasteiger partial charge on any atom is 0.426 e. The molecule has 2 aliphatic carbocycles. The Morgan fingerprint density at radius 3 is 2.44 bits per heavy atom. The molecule has 1 saturated carbocycles. The molecule has 6 rings (SSSR count). The number of likely N-dealkylation sites (tertiary alicyclic amines) is 1. The normalized spacial score (nSPS) is 27.7. The predicted octanol–water partition coefficient (Wildman–Crippen LogP) is 6.09. The van der Waals surface area contributed by atoms with Crippen molar-refractivity contribution in [2.75, 3.05) is 6.54 Å². The third kappa shape index (κ3) is 4.80. The van der Waals surface area contributed by atoms with E-state index in [2.05, 4.69) is 20.6 Å². The molecule has 3 aliphatic rings. The summed E-state index contributed by atoms with van der Waals surface area (Å²) in [6.07, 6.45) is 0.130. The Bertz CT molecular complexity index is 1400. The highest BCUT2D eigenvalue weighted by atomic mass is 19.4. The summed E-state index contributed by atoms with van der Waals surface area (Å²) in [5.41, 5.74) is -2.02. The average Bonchev–Trinajstić information content (AvgIpc) is 3.62. The molecule has 3 atom stereocenters. The number of hydrogen-bond donors (Lipinski definition) is 1. The van der Waals surface area contributed by atoms with E-state index in [1.165, 1.54) is 24.3 Å². The van der Waals surface area contributed by atoms with Gasteiger partial charge >= 0.3 is 6.18 Å². The highest BCUT2D eigenvalue weighted by Gasteiger charge is 2.56. The standard InChI is InChI=1S/C30H32F5N5O/c1-28(32,30(33,34)35)22-9-12-24-21(16-22)8-13-25-29(24,17-18-2-10-23(31)11-3-18)14-15-40(25)27(41)20-6-4-19(5-7-20)26-36-38-39-37-26/h2-3,9-12,16,19-20,25H,4-8,13-15,17H2,1H3,(H,36,37,38,39)/t19?,20?,25-,28?,29-/m1/s1. The number of carbonyl (C=O) groups is 1. The Balaban J connectivity index is 1.30. The van der Waals surface area contributed by atoms with Gasteiger partial charge in [0.2, 0.25) is 11.6 Å². The molecule has 1 amide bonds. The van der Waals surface area contributed by atoms with Crippen molar-refractivity contribution in [2.45, 2.75) is 87.5 Å². The molecule has 218 valence electrons. The number of nitrogens with one attached hydrogen (secondary N) is 1. The monoisotopic (exact) mass is 573 g/mol. The van der Waals surface area contributed by atoms with Crippen LogP contribution in [0.4, 0.5) is 22.0 Å². The Kier molecular flexibility index (Phi) is 6.89. The highest BCUT2D eigenvalue weighted by Crippen LogP contribution is 2.51. The van der Waals surface area contributed by atoms with Crippen LogP contribution in [0.1, 0.15) is 79.4 Å². The zero-order chi connectivity index (χ0) is 29.0. The van der Waals surface area contributed by atoms with Crippen molar-refractivity contribution in [1.29, 1.82) is 0 Å². The van der Waals surface area contributed by atoms with Crippen LogP contribution in [0.2, 0.25) is 0 Å². The van der Waals surface area contributed by atoms with E-state index in [9.17, 15) is 26.7 Å². The largest absolute Gasteiger partial charge is 0.426 e. The molecule has 1 unspecified atom stereocenters. The molecular formula is C30H32F5N5O. The zero-order valence-electron chi connectivity index (χ0n) is 22.7. The third-order valence-corrected chi connectivity index (χ3v) is 9.74. The third-order valence-electron chi connectivity index (χ3n) is 9.74. The molecule has 1 aliphatic heterocycles. The van der Waals surface area contributed by atoms with Gasteiger partial charge in [0.25, 0.3) is 0 Å². The first-order valence-electron chi connectivity index (χ1n) is 14.2. The van der Waals surface area contributed by atoms with E-state index >= 15 is 0 Å². The summed E-state index contributed by atoms with van der Waals surface area (Å²) in [6, 6.07) is 10.3. The summed E-state index contributed by atoms with van der Waals surface area (Å²) in [5.74, 6) is 0.472. The molecule has 3 aromatic rings. The van der Waals surface area contributed by atoms with Crippen LogP contribution in [0.5, 0.6) is 0 Å². The van der Waals surface area contributed by atoms with Crippen molar-refractivity contribution in [3.05, 3.63) is 76.4 Å².